The fourth-order valence-corrected chi connectivity index (χ4v) is 3.57. The zero-order chi connectivity index (χ0) is 18.6. The van der Waals surface area contributed by atoms with E-state index in [-0.39, 0.29) is 23.8 Å². The van der Waals surface area contributed by atoms with Gasteiger partial charge >= 0.3 is 5.69 Å². The monoisotopic (exact) mass is 351 g/mol. The highest BCUT2D eigenvalue weighted by Gasteiger charge is 2.20. The Labute approximate surface area is 149 Å². The summed E-state index contributed by atoms with van der Waals surface area (Å²) in [6.45, 7) is 6.36. The lowest BCUT2D eigenvalue weighted by molar-refractivity contribution is 0.601. The number of imidazole rings is 2. The predicted octanol–water partition coefficient (Wildman–Crippen LogP) is 2.09. The molecule has 0 aliphatic heterocycles. The predicted molar refractivity (Wildman–Crippen MR) is 101 cm³/mol. The summed E-state index contributed by atoms with van der Waals surface area (Å²) in [4.78, 5) is 30.5. The third-order valence-electron chi connectivity index (χ3n) is 4.77. The molecule has 3 heterocycles. The lowest BCUT2D eigenvalue weighted by Crippen LogP contribution is -2.39. The molecule has 0 atom stereocenters. The van der Waals surface area contributed by atoms with Crippen molar-refractivity contribution >= 4 is 16.9 Å². The highest BCUT2D eigenvalue weighted by molar-refractivity contribution is 5.75. The highest BCUT2D eigenvalue weighted by atomic mass is 16.2. The second-order valence-electron chi connectivity index (χ2n) is 6.91. The summed E-state index contributed by atoms with van der Waals surface area (Å²) in [5, 5.41) is 0. The average Bonchev–Trinajstić information content (AvgIpc) is 3.12. The van der Waals surface area contributed by atoms with Gasteiger partial charge in [-0.1, -0.05) is 30.3 Å². The van der Waals surface area contributed by atoms with Gasteiger partial charge in [-0.25, -0.2) is 4.79 Å². The molecular formula is C19H21N5O2. The molecule has 0 amide bonds. The van der Waals surface area contributed by atoms with E-state index in [9.17, 15) is 9.59 Å². The number of benzene rings is 1. The van der Waals surface area contributed by atoms with E-state index in [1.54, 1.807) is 11.4 Å². The largest absolute Gasteiger partial charge is 0.332 e. The van der Waals surface area contributed by atoms with Gasteiger partial charge < -0.3 is 4.57 Å². The SMILES string of the molecule is Cc1cn2c3c(=O)n(Cc4ccccc4)c(=O)n(C)c3nc2n1C(C)C. The summed E-state index contributed by atoms with van der Waals surface area (Å²) in [7, 11) is 1.66. The van der Waals surface area contributed by atoms with Crippen molar-refractivity contribution in [2.45, 2.75) is 33.4 Å². The molecule has 1 aromatic carbocycles. The molecule has 0 bridgehead atoms. The third-order valence-corrected chi connectivity index (χ3v) is 4.77. The smallest absolute Gasteiger partial charge is 0.312 e. The fourth-order valence-electron chi connectivity index (χ4n) is 3.57. The lowest BCUT2D eigenvalue weighted by atomic mass is 10.2. The Morgan fingerprint density at radius 1 is 1.12 bits per heavy atom. The van der Waals surface area contributed by atoms with Crippen molar-refractivity contribution in [3.8, 4) is 0 Å². The minimum Gasteiger partial charge on any atom is -0.312 e. The van der Waals surface area contributed by atoms with E-state index < -0.39 is 0 Å². The number of aromatic nitrogens is 5. The number of aryl methyl sites for hydroxylation is 2. The Morgan fingerprint density at radius 3 is 2.46 bits per heavy atom. The van der Waals surface area contributed by atoms with Crippen molar-refractivity contribution in [3.05, 3.63) is 68.6 Å². The van der Waals surface area contributed by atoms with Gasteiger partial charge in [-0.15, -0.1) is 0 Å². The standard InChI is InChI=1S/C19H21N5O2/c1-12(2)24-13(3)10-22-15-16(20-18(22)24)21(4)19(26)23(17(15)25)11-14-8-6-5-7-9-14/h5-10,12H,11H2,1-4H3. The molecule has 0 aliphatic carbocycles. The van der Waals surface area contributed by atoms with Crippen molar-refractivity contribution in [3.63, 3.8) is 0 Å². The second-order valence-corrected chi connectivity index (χ2v) is 6.91. The van der Waals surface area contributed by atoms with Gasteiger partial charge in [-0.2, -0.15) is 4.98 Å². The van der Waals surface area contributed by atoms with Gasteiger partial charge in [0.15, 0.2) is 11.2 Å². The molecule has 0 saturated heterocycles. The van der Waals surface area contributed by atoms with Crippen LogP contribution in [-0.2, 0) is 13.6 Å². The molecule has 7 nitrogen and oxygen atoms in total. The van der Waals surface area contributed by atoms with E-state index in [2.05, 4.69) is 23.4 Å². The Hall–Kier alpha value is -3.09. The van der Waals surface area contributed by atoms with Crippen LogP contribution in [0.3, 0.4) is 0 Å². The summed E-state index contributed by atoms with van der Waals surface area (Å²) < 4.78 is 6.58. The van der Waals surface area contributed by atoms with Crippen LogP contribution in [0.5, 0.6) is 0 Å². The first-order valence-corrected chi connectivity index (χ1v) is 8.63. The van der Waals surface area contributed by atoms with Crippen molar-refractivity contribution < 1.29 is 0 Å². The first-order chi connectivity index (χ1) is 12.4. The Kier molecular flexibility index (Phi) is 3.61. The van der Waals surface area contributed by atoms with Gasteiger partial charge in [0, 0.05) is 25.0 Å². The third kappa shape index (κ3) is 2.23. The maximum atomic E-state index is 13.2. The summed E-state index contributed by atoms with van der Waals surface area (Å²) >= 11 is 0. The molecule has 0 radical (unpaired) electrons. The summed E-state index contributed by atoms with van der Waals surface area (Å²) in [5.74, 6) is 0.678. The van der Waals surface area contributed by atoms with Gasteiger partial charge in [-0.05, 0) is 26.3 Å². The first kappa shape index (κ1) is 16.4. The van der Waals surface area contributed by atoms with E-state index in [1.807, 2.05) is 43.5 Å². The minimum absolute atomic E-state index is 0.202. The molecule has 134 valence electrons. The number of hydrogen-bond donors (Lipinski definition) is 0. The van der Waals surface area contributed by atoms with E-state index >= 15 is 0 Å². The number of fused-ring (bicyclic) bond motifs is 3. The van der Waals surface area contributed by atoms with Gasteiger partial charge in [0.25, 0.3) is 5.56 Å². The van der Waals surface area contributed by atoms with E-state index in [0.717, 1.165) is 11.3 Å². The number of nitrogens with zero attached hydrogens (tertiary/aromatic N) is 5. The van der Waals surface area contributed by atoms with Crippen molar-refractivity contribution in [2.75, 3.05) is 0 Å². The van der Waals surface area contributed by atoms with E-state index in [1.165, 1.54) is 9.13 Å². The van der Waals surface area contributed by atoms with Crippen LogP contribution in [0.4, 0.5) is 0 Å². The highest BCUT2D eigenvalue weighted by Crippen LogP contribution is 2.20. The summed E-state index contributed by atoms with van der Waals surface area (Å²) in [5.41, 5.74) is 2.09. The molecule has 0 fully saturated rings. The van der Waals surface area contributed by atoms with Gasteiger partial charge in [0.05, 0.1) is 6.54 Å². The van der Waals surface area contributed by atoms with Crippen molar-refractivity contribution in [1.29, 1.82) is 0 Å². The quantitative estimate of drug-likeness (QED) is 0.568. The van der Waals surface area contributed by atoms with Crippen LogP contribution in [0.15, 0.2) is 46.1 Å². The van der Waals surface area contributed by atoms with Crippen LogP contribution < -0.4 is 11.2 Å². The van der Waals surface area contributed by atoms with Crippen LogP contribution in [0.2, 0.25) is 0 Å². The topological polar surface area (TPSA) is 66.2 Å². The van der Waals surface area contributed by atoms with E-state index in [0.29, 0.717) is 16.9 Å². The number of hydrogen-bond acceptors (Lipinski definition) is 3. The fraction of sp³-hybridized carbons (Fsp3) is 0.316. The second kappa shape index (κ2) is 5.72. The van der Waals surface area contributed by atoms with Crippen molar-refractivity contribution in [2.24, 2.45) is 7.05 Å². The molecule has 0 N–H and O–H groups in total. The molecule has 7 heteroatoms. The van der Waals surface area contributed by atoms with Gasteiger partial charge in [-0.3, -0.25) is 18.3 Å². The maximum Gasteiger partial charge on any atom is 0.332 e. The Morgan fingerprint density at radius 2 is 1.81 bits per heavy atom. The van der Waals surface area contributed by atoms with Gasteiger partial charge in [0.2, 0.25) is 5.78 Å². The first-order valence-electron chi connectivity index (χ1n) is 8.63. The molecule has 0 saturated carbocycles. The molecule has 0 unspecified atom stereocenters. The molecule has 4 aromatic rings. The van der Waals surface area contributed by atoms with Crippen LogP contribution in [0, 0.1) is 6.92 Å². The number of rotatable bonds is 3. The molecule has 3 aromatic heterocycles. The van der Waals surface area contributed by atoms with Crippen LogP contribution >= 0.6 is 0 Å². The summed E-state index contributed by atoms with van der Waals surface area (Å²) in [6.07, 6.45) is 1.91. The van der Waals surface area contributed by atoms with Crippen LogP contribution in [0.1, 0.15) is 31.1 Å². The van der Waals surface area contributed by atoms with Crippen LogP contribution in [0.25, 0.3) is 16.9 Å². The molecular weight excluding hydrogens is 330 g/mol. The van der Waals surface area contributed by atoms with Crippen molar-refractivity contribution in [1.82, 2.24) is 23.1 Å². The van der Waals surface area contributed by atoms with E-state index in [4.69, 9.17) is 0 Å². The molecule has 26 heavy (non-hydrogen) atoms. The zero-order valence-electron chi connectivity index (χ0n) is 15.3. The van der Waals surface area contributed by atoms with Crippen LogP contribution in [-0.4, -0.2) is 23.1 Å². The molecule has 0 aliphatic rings. The van der Waals surface area contributed by atoms with Gasteiger partial charge in [0.1, 0.15) is 0 Å². The Bertz CT molecular complexity index is 1240. The lowest BCUT2D eigenvalue weighted by Gasteiger charge is -2.09. The molecule has 0 spiro atoms. The normalized spacial score (nSPS) is 11.9. The minimum atomic E-state index is -0.361. The zero-order valence-corrected chi connectivity index (χ0v) is 15.3. The Balaban J connectivity index is 2.07. The maximum absolute atomic E-state index is 13.2. The average molecular weight is 351 g/mol. The summed E-state index contributed by atoms with van der Waals surface area (Å²) in [6, 6.07) is 9.71. The molecule has 4 rings (SSSR count).